The van der Waals surface area contributed by atoms with Crippen molar-refractivity contribution in [3.05, 3.63) is 35.0 Å². The number of urea groups is 1. The van der Waals surface area contributed by atoms with Crippen LogP contribution in [0.3, 0.4) is 0 Å². The number of hydrogen-bond acceptors (Lipinski definition) is 10. The van der Waals surface area contributed by atoms with Crippen LogP contribution in [0.2, 0.25) is 0 Å². The van der Waals surface area contributed by atoms with Crippen molar-refractivity contribution >= 4 is 25.6 Å². The number of azide groups is 1. The van der Waals surface area contributed by atoms with Crippen molar-refractivity contribution in [3.8, 4) is 0 Å². The number of hydrogen-bond donors (Lipinski definition) is 4. The van der Waals surface area contributed by atoms with Gasteiger partial charge in [0.25, 0.3) is 0 Å². The van der Waals surface area contributed by atoms with Gasteiger partial charge >= 0.3 is 25.6 Å². The SMILES string of the molecule is C=C1C=CN([C@@H]2O[C@](CN=[N+]=[N-])(COP(=O)(NC(C)C(=O)OC)NC(C)C(=O)OC3CCCCC3)[C@@H](O)[C@H]2F)C(=O)N1. The van der Waals surface area contributed by atoms with Gasteiger partial charge in [0.1, 0.15) is 29.9 Å². The predicted molar refractivity (Wildman–Crippen MR) is 145 cm³/mol. The third-order valence-electron chi connectivity index (χ3n) is 7.04. The fourth-order valence-corrected chi connectivity index (χ4v) is 6.57. The van der Waals surface area contributed by atoms with Gasteiger partial charge in [-0.1, -0.05) is 18.1 Å². The first-order chi connectivity index (χ1) is 19.8. The van der Waals surface area contributed by atoms with E-state index in [2.05, 4.69) is 36.8 Å². The lowest BCUT2D eigenvalue weighted by Crippen LogP contribution is -2.50. The van der Waals surface area contributed by atoms with Crippen molar-refractivity contribution in [2.75, 3.05) is 20.3 Å². The number of aliphatic hydroxyl groups excluding tert-OH is 1. The molecule has 7 atom stereocenters. The molecule has 3 rings (SSSR count). The number of nitrogens with zero attached hydrogens (tertiary/aromatic N) is 4. The molecule has 42 heavy (non-hydrogen) atoms. The molecule has 0 aromatic rings. The van der Waals surface area contributed by atoms with Gasteiger partial charge in [-0.25, -0.2) is 19.4 Å². The third kappa shape index (κ3) is 8.07. The van der Waals surface area contributed by atoms with Crippen LogP contribution in [0.25, 0.3) is 10.4 Å². The van der Waals surface area contributed by atoms with E-state index >= 15 is 4.39 Å². The molecule has 2 fully saturated rings. The molecule has 0 bridgehead atoms. The number of amides is 2. The number of carbonyl (C=O) groups excluding carboxylic acids is 3. The average molecular weight is 618 g/mol. The van der Waals surface area contributed by atoms with Gasteiger partial charge in [-0.15, -0.1) is 0 Å². The number of alkyl halides is 1. The fourth-order valence-electron chi connectivity index (χ4n) is 4.71. The molecule has 4 N–H and O–H groups in total. The number of allylic oxidation sites excluding steroid dienone is 1. The minimum atomic E-state index is -4.42. The van der Waals surface area contributed by atoms with Gasteiger partial charge in [0.2, 0.25) is 0 Å². The Morgan fingerprint density at radius 2 is 1.98 bits per heavy atom. The minimum Gasteiger partial charge on any atom is -0.468 e. The lowest BCUT2D eigenvalue weighted by Gasteiger charge is -2.34. The first-order valence-electron chi connectivity index (χ1n) is 13.4. The monoisotopic (exact) mass is 617 g/mol. The summed E-state index contributed by atoms with van der Waals surface area (Å²) < 4.78 is 51.0. The summed E-state index contributed by atoms with van der Waals surface area (Å²) in [7, 11) is -3.31. The van der Waals surface area contributed by atoms with Gasteiger partial charge in [-0.2, -0.15) is 0 Å². The van der Waals surface area contributed by atoms with Crippen LogP contribution < -0.4 is 15.5 Å². The molecule has 234 valence electrons. The Balaban J connectivity index is 1.83. The van der Waals surface area contributed by atoms with Crippen LogP contribution in [0.5, 0.6) is 0 Å². The topological polar surface area (TPSA) is 214 Å². The van der Waals surface area contributed by atoms with Gasteiger partial charge in [0, 0.05) is 16.8 Å². The molecule has 16 nitrogen and oxygen atoms in total. The Hall–Kier alpha value is -3.04. The lowest BCUT2D eigenvalue weighted by molar-refractivity contribution is -0.152. The quantitative estimate of drug-likeness (QED) is 0.0773. The summed E-state index contributed by atoms with van der Waals surface area (Å²) >= 11 is 0. The van der Waals surface area contributed by atoms with Crippen LogP contribution in [0.4, 0.5) is 9.18 Å². The number of methoxy groups -OCH3 is 1. The van der Waals surface area contributed by atoms with Crippen LogP contribution in [-0.2, 0) is 32.9 Å². The predicted octanol–water partition coefficient (Wildman–Crippen LogP) is 2.27. The maximum Gasteiger partial charge on any atom is 0.342 e. The normalized spacial score (nSPS) is 29.2. The van der Waals surface area contributed by atoms with Crippen LogP contribution in [0.15, 0.2) is 29.7 Å². The number of carbonyl (C=O) groups is 3. The third-order valence-corrected chi connectivity index (χ3v) is 8.99. The first-order valence-corrected chi connectivity index (χ1v) is 15.0. The summed E-state index contributed by atoms with van der Waals surface area (Å²) in [5.41, 5.74) is 7.04. The van der Waals surface area contributed by atoms with Crippen molar-refractivity contribution in [3.63, 3.8) is 0 Å². The maximum absolute atomic E-state index is 15.4. The molecule has 3 unspecified atom stereocenters. The van der Waals surface area contributed by atoms with Crippen molar-refractivity contribution in [2.24, 2.45) is 5.11 Å². The largest absolute Gasteiger partial charge is 0.468 e. The molecule has 2 amide bonds. The van der Waals surface area contributed by atoms with Crippen LogP contribution in [0, 0.1) is 0 Å². The second-order valence-corrected chi connectivity index (χ2v) is 12.2. The number of ether oxygens (including phenoxy) is 3. The Kier molecular flexibility index (Phi) is 11.5. The smallest absolute Gasteiger partial charge is 0.342 e. The molecular weight excluding hydrogens is 580 g/mol. The Labute approximate surface area is 242 Å². The Morgan fingerprint density at radius 1 is 1.33 bits per heavy atom. The number of rotatable bonds is 13. The molecule has 0 aromatic heterocycles. The van der Waals surface area contributed by atoms with Gasteiger partial charge in [0.05, 0.1) is 20.3 Å². The first kappa shape index (κ1) is 33.5. The Bertz CT molecular complexity index is 1160. The maximum atomic E-state index is 15.4. The Morgan fingerprint density at radius 3 is 2.57 bits per heavy atom. The number of nitrogens with one attached hydrogen (secondary N) is 3. The van der Waals surface area contributed by atoms with Gasteiger partial charge in [-0.3, -0.25) is 19.1 Å². The molecule has 18 heteroatoms. The molecule has 1 aliphatic carbocycles. The molecule has 3 aliphatic rings. The summed E-state index contributed by atoms with van der Waals surface area (Å²) in [6, 6.07) is -3.21. The highest BCUT2D eigenvalue weighted by molar-refractivity contribution is 7.54. The van der Waals surface area contributed by atoms with Crippen LogP contribution >= 0.6 is 7.67 Å². The number of esters is 2. The van der Waals surface area contributed by atoms with Crippen LogP contribution in [-0.4, -0.2) is 90.5 Å². The van der Waals surface area contributed by atoms with E-state index < -0.39 is 75.0 Å². The second kappa shape index (κ2) is 14.4. The van der Waals surface area contributed by atoms with E-state index in [1.807, 2.05) is 0 Å². The number of halogens is 1. The average Bonchev–Trinajstić information content (AvgIpc) is 3.20. The van der Waals surface area contributed by atoms with E-state index in [0.29, 0.717) is 12.8 Å². The van der Waals surface area contributed by atoms with E-state index in [0.717, 1.165) is 31.3 Å². The van der Waals surface area contributed by atoms with Crippen molar-refractivity contribution in [1.29, 1.82) is 0 Å². The summed E-state index contributed by atoms with van der Waals surface area (Å²) in [5.74, 6) is -1.53. The van der Waals surface area contributed by atoms with E-state index in [9.17, 15) is 24.1 Å². The zero-order valence-corrected chi connectivity index (χ0v) is 24.5. The van der Waals surface area contributed by atoms with E-state index in [4.69, 9.17) is 19.5 Å². The molecule has 0 spiro atoms. The fraction of sp³-hybridized carbons (Fsp3) is 0.708. The highest BCUT2D eigenvalue weighted by Gasteiger charge is 2.58. The van der Waals surface area contributed by atoms with E-state index in [-0.39, 0.29) is 11.8 Å². The standard InChI is InChI=1S/C24H37FN7O9P/c1-14-10-11-32(23(36)28-14)20-18(25)19(33)24(41-20,12-27-31-26)13-39-42(37,29-15(2)21(34)38-4)30-16(3)22(35)40-17-8-6-5-7-9-17/h10-11,15-20,33H,1,5-9,12-13H2,2-4H3,(H,28,36)(H2,29,30,37)/t15?,16?,18-,19+,20-,24-,42?/m1/s1. The van der Waals surface area contributed by atoms with Gasteiger partial charge in [0.15, 0.2) is 12.4 Å². The molecule has 0 aromatic carbocycles. The molecule has 2 heterocycles. The van der Waals surface area contributed by atoms with Crippen molar-refractivity contribution in [2.45, 2.75) is 88.2 Å². The molecule has 0 radical (unpaired) electrons. The zero-order valence-electron chi connectivity index (χ0n) is 23.6. The highest BCUT2D eigenvalue weighted by Crippen LogP contribution is 2.44. The molecule has 1 saturated heterocycles. The summed E-state index contributed by atoms with van der Waals surface area (Å²) in [4.78, 5) is 40.8. The van der Waals surface area contributed by atoms with Crippen LogP contribution in [0.1, 0.15) is 46.0 Å². The lowest BCUT2D eigenvalue weighted by atomic mass is 9.97. The summed E-state index contributed by atoms with van der Waals surface area (Å²) in [5, 5.41) is 21.6. The van der Waals surface area contributed by atoms with Crippen molar-refractivity contribution < 1.29 is 47.2 Å². The van der Waals surface area contributed by atoms with Gasteiger partial charge < -0.3 is 29.2 Å². The molecule has 2 aliphatic heterocycles. The molecule has 1 saturated carbocycles. The van der Waals surface area contributed by atoms with Gasteiger partial charge in [-0.05, 0) is 51.1 Å². The van der Waals surface area contributed by atoms with E-state index in [1.54, 1.807) is 0 Å². The van der Waals surface area contributed by atoms with E-state index in [1.165, 1.54) is 26.1 Å². The minimum absolute atomic E-state index is 0.239. The summed E-state index contributed by atoms with van der Waals surface area (Å²) in [6.45, 7) is 4.72. The number of aliphatic hydroxyl groups is 1. The summed E-state index contributed by atoms with van der Waals surface area (Å²) in [6.07, 6.45) is 0.604. The highest BCUT2D eigenvalue weighted by atomic mass is 31.2. The van der Waals surface area contributed by atoms with Crippen molar-refractivity contribution in [1.82, 2.24) is 20.4 Å². The molecular formula is C24H37FN7O9P. The second-order valence-electron chi connectivity index (χ2n) is 10.3. The zero-order chi connectivity index (χ0) is 31.1.